The van der Waals surface area contributed by atoms with Crippen molar-refractivity contribution in [2.75, 3.05) is 5.73 Å². The van der Waals surface area contributed by atoms with Gasteiger partial charge in [-0.1, -0.05) is 6.07 Å². The van der Waals surface area contributed by atoms with Crippen molar-refractivity contribution in [3.05, 3.63) is 65.9 Å². The fourth-order valence-electron chi connectivity index (χ4n) is 2.73. The molecule has 0 atom stereocenters. The van der Waals surface area contributed by atoms with Gasteiger partial charge in [0, 0.05) is 11.8 Å². The first kappa shape index (κ1) is 18.3. The highest BCUT2D eigenvalue weighted by Crippen LogP contribution is 2.32. The van der Waals surface area contributed by atoms with Crippen LogP contribution in [0.1, 0.15) is 0 Å². The van der Waals surface area contributed by atoms with E-state index in [1.54, 1.807) is 0 Å². The summed E-state index contributed by atoms with van der Waals surface area (Å²) < 4.78 is 55.7. The highest BCUT2D eigenvalue weighted by molar-refractivity contribution is 5.77. The van der Waals surface area contributed by atoms with Gasteiger partial charge in [0.1, 0.15) is 11.5 Å². The number of hydrogen-bond acceptors (Lipinski definition) is 6. The van der Waals surface area contributed by atoms with Crippen LogP contribution in [0.2, 0.25) is 0 Å². The van der Waals surface area contributed by atoms with Crippen molar-refractivity contribution in [1.29, 1.82) is 0 Å². The van der Waals surface area contributed by atoms with E-state index in [-0.39, 0.29) is 34.0 Å². The third kappa shape index (κ3) is 3.12. The zero-order chi connectivity index (χ0) is 20.7. The Morgan fingerprint density at radius 3 is 2.48 bits per heavy atom. The van der Waals surface area contributed by atoms with Gasteiger partial charge in [0.15, 0.2) is 34.8 Å². The quantitative estimate of drug-likeness (QED) is 0.510. The Bertz CT molecular complexity index is 1220. The molecular weight excluding hydrogens is 392 g/mol. The number of phenolic OH excluding ortho intramolecular Hbond substituents is 1. The van der Waals surface area contributed by atoms with E-state index in [1.165, 1.54) is 24.4 Å². The molecule has 2 heterocycles. The molecule has 0 bridgehead atoms. The standard InChI is InChI=1S/C18H10F4N6O/c19-11-2-1-3-13(15(11)21)28-18(25-26-27-28)10-4-9(7-24-17(10)23)8-5-12(20)16(22)14(29)6-8/h1-7,29H,(H2,23,24). The summed E-state index contributed by atoms with van der Waals surface area (Å²) in [7, 11) is 0. The second-order valence-electron chi connectivity index (χ2n) is 5.94. The van der Waals surface area contributed by atoms with Crippen LogP contribution in [0.3, 0.4) is 0 Å². The van der Waals surface area contributed by atoms with Crippen LogP contribution in [-0.4, -0.2) is 30.3 Å². The largest absolute Gasteiger partial charge is 0.505 e. The van der Waals surface area contributed by atoms with E-state index < -0.39 is 29.0 Å². The first-order valence-corrected chi connectivity index (χ1v) is 8.04. The molecule has 0 amide bonds. The Kier molecular flexibility index (Phi) is 4.34. The van der Waals surface area contributed by atoms with Gasteiger partial charge in [-0.3, -0.25) is 0 Å². The molecular formula is C18H10F4N6O. The number of anilines is 1. The van der Waals surface area contributed by atoms with Gasteiger partial charge in [0.05, 0.1) is 5.56 Å². The number of nitrogens with two attached hydrogens (primary N) is 1. The Balaban J connectivity index is 1.87. The second kappa shape index (κ2) is 6.86. The first-order valence-electron chi connectivity index (χ1n) is 8.04. The molecule has 7 nitrogen and oxygen atoms in total. The van der Waals surface area contributed by atoms with Crippen molar-refractivity contribution in [2.24, 2.45) is 0 Å². The Hall–Kier alpha value is -4.02. The van der Waals surface area contributed by atoms with Crippen molar-refractivity contribution in [3.63, 3.8) is 0 Å². The summed E-state index contributed by atoms with van der Waals surface area (Å²) in [6, 6.07) is 6.75. The molecule has 0 saturated heterocycles. The van der Waals surface area contributed by atoms with E-state index in [0.717, 1.165) is 22.9 Å². The maximum Gasteiger partial charge on any atom is 0.200 e. The smallest absolute Gasteiger partial charge is 0.200 e. The molecule has 0 aliphatic rings. The van der Waals surface area contributed by atoms with Crippen LogP contribution >= 0.6 is 0 Å². The number of aromatic nitrogens is 5. The van der Waals surface area contributed by atoms with Gasteiger partial charge in [0.25, 0.3) is 0 Å². The number of benzene rings is 2. The molecule has 11 heteroatoms. The van der Waals surface area contributed by atoms with Crippen LogP contribution in [0, 0.1) is 23.3 Å². The number of hydrogen-bond donors (Lipinski definition) is 2. The maximum atomic E-state index is 14.2. The summed E-state index contributed by atoms with van der Waals surface area (Å²) >= 11 is 0. The van der Waals surface area contributed by atoms with Gasteiger partial charge in [-0.2, -0.15) is 9.07 Å². The van der Waals surface area contributed by atoms with E-state index in [4.69, 9.17) is 5.73 Å². The fourth-order valence-corrected chi connectivity index (χ4v) is 2.73. The monoisotopic (exact) mass is 402 g/mol. The van der Waals surface area contributed by atoms with Crippen LogP contribution in [0.25, 0.3) is 28.2 Å². The Morgan fingerprint density at radius 1 is 0.931 bits per heavy atom. The van der Waals surface area contributed by atoms with E-state index >= 15 is 0 Å². The van der Waals surface area contributed by atoms with Crippen molar-refractivity contribution in [2.45, 2.75) is 0 Å². The minimum atomic E-state index is -1.39. The maximum absolute atomic E-state index is 14.2. The summed E-state index contributed by atoms with van der Waals surface area (Å²) in [5, 5.41) is 20.4. The molecule has 0 radical (unpaired) electrons. The third-order valence-electron chi connectivity index (χ3n) is 4.13. The molecule has 146 valence electrons. The highest BCUT2D eigenvalue weighted by Gasteiger charge is 2.20. The molecule has 29 heavy (non-hydrogen) atoms. The van der Waals surface area contributed by atoms with Gasteiger partial charge in [0.2, 0.25) is 0 Å². The third-order valence-corrected chi connectivity index (χ3v) is 4.13. The summed E-state index contributed by atoms with van der Waals surface area (Å²) in [6.07, 6.45) is 1.27. The number of halogens is 4. The zero-order valence-electron chi connectivity index (χ0n) is 14.3. The van der Waals surface area contributed by atoms with Crippen LogP contribution < -0.4 is 5.73 Å². The van der Waals surface area contributed by atoms with Gasteiger partial charge in [-0.05, 0) is 46.3 Å². The molecule has 4 aromatic rings. The molecule has 2 aromatic heterocycles. The molecule has 2 aromatic carbocycles. The lowest BCUT2D eigenvalue weighted by molar-refractivity contribution is 0.407. The lowest BCUT2D eigenvalue weighted by Crippen LogP contribution is -2.06. The van der Waals surface area contributed by atoms with Gasteiger partial charge in [-0.25, -0.2) is 18.2 Å². The molecule has 4 rings (SSSR count). The predicted molar refractivity (Wildman–Crippen MR) is 93.7 cm³/mol. The van der Waals surface area contributed by atoms with E-state index in [2.05, 4.69) is 20.5 Å². The van der Waals surface area contributed by atoms with Gasteiger partial charge < -0.3 is 10.8 Å². The number of aromatic hydroxyl groups is 1. The molecule has 0 unspecified atom stereocenters. The lowest BCUT2D eigenvalue weighted by atomic mass is 10.0. The first-order chi connectivity index (χ1) is 13.9. The van der Waals surface area contributed by atoms with Crippen LogP contribution in [0.5, 0.6) is 5.75 Å². The number of nitrogen functional groups attached to an aromatic ring is 1. The minimum absolute atomic E-state index is 0.0478. The summed E-state index contributed by atoms with van der Waals surface area (Å²) in [4.78, 5) is 3.97. The summed E-state index contributed by atoms with van der Waals surface area (Å²) in [6.45, 7) is 0. The van der Waals surface area contributed by atoms with Crippen molar-refractivity contribution in [3.8, 4) is 34.0 Å². The fraction of sp³-hybridized carbons (Fsp3) is 0. The van der Waals surface area contributed by atoms with Crippen molar-refractivity contribution < 1.29 is 22.7 Å². The lowest BCUT2D eigenvalue weighted by Gasteiger charge is -2.10. The highest BCUT2D eigenvalue weighted by atomic mass is 19.2. The molecule has 0 aliphatic carbocycles. The minimum Gasteiger partial charge on any atom is -0.505 e. The second-order valence-corrected chi connectivity index (χ2v) is 5.94. The molecule has 0 fully saturated rings. The average Bonchev–Trinajstić information content (AvgIpc) is 3.17. The van der Waals surface area contributed by atoms with Crippen molar-refractivity contribution in [1.82, 2.24) is 25.2 Å². The summed E-state index contributed by atoms with van der Waals surface area (Å²) in [5.41, 5.74) is 6.10. The predicted octanol–water partition coefficient (Wildman–Crippen LogP) is 3.24. The molecule has 0 saturated carbocycles. The average molecular weight is 402 g/mol. The Morgan fingerprint density at radius 2 is 1.72 bits per heavy atom. The number of pyridine rings is 1. The number of phenols is 1. The Labute approximate surface area is 160 Å². The van der Waals surface area contributed by atoms with E-state index in [9.17, 15) is 22.7 Å². The normalized spacial score (nSPS) is 11.0. The number of tetrazole rings is 1. The summed E-state index contributed by atoms with van der Waals surface area (Å²) in [5.74, 6) is -5.91. The zero-order valence-corrected chi connectivity index (χ0v) is 14.3. The van der Waals surface area contributed by atoms with E-state index in [1.807, 2.05) is 0 Å². The van der Waals surface area contributed by atoms with Gasteiger partial charge in [-0.15, -0.1) is 5.10 Å². The van der Waals surface area contributed by atoms with Gasteiger partial charge >= 0.3 is 0 Å². The number of rotatable bonds is 3. The number of nitrogens with zero attached hydrogens (tertiary/aromatic N) is 5. The molecule has 0 spiro atoms. The molecule has 3 N–H and O–H groups in total. The topological polar surface area (TPSA) is 103 Å². The molecule has 0 aliphatic heterocycles. The van der Waals surface area contributed by atoms with Crippen LogP contribution in [0.4, 0.5) is 23.4 Å². The van der Waals surface area contributed by atoms with Crippen LogP contribution in [-0.2, 0) is 0 Å². The SMILES string of the molecule is Nc1ncc(-c2cc(O)c(F)c(F)c2)cc1-c1nnnn1-c1cccc(F)c1F. The van der Waals surface area contributed by atoms with Crippen molar-refractivity contribution >= 4 is 5.82 Å². The van der Waals surface area contributed by atoms with Crippen LogP contribution in [0.15, 0.2) is 42.6 Å². The van der Waals surface area contributed by atoms with E-state index in [0.29, 0.717) is 0 Å².